The topological polar surface area (TPSA) is 0 Å². The van der Waals surface area contributed by atoms with Gasteiger partial charge in [-0.1, -0.05) is 90.4 Å². The van der Waals surface area contributed by atoms with Gasteiger partial charge < -0.3 is 0 Å². The molecule has 0 aliphatic rings. The van der Waals surface area contributed by atoms with Crippen LogP contribution in [0.25, 0.3) is 0 Å². The predicted molar refractivity (Wildman–Crippen MR) is 100 cm³/mol. The van der Waals surface area contributed by atoms with Crippen molar-refractivity contribution < 1.29 is 0 Å². The monoisotopic (exact) mass is 316 g/mol. The molecule has 0 saturated heterocycles. The Balaban J connectivity index is 1.92. The molecule has 21 heavy (non-hydrogen) atoms. The molecular weight excluding hydrogens is 290 g/mol. The normalized spacial score (nSPS) is 13.8. The maximum atomic E-state index is 2.38. The van der Waals surface area contributed by atoms with Gasteiger partial charge in [-0.2, -0.15) is 0 Å². The van der Waals surface area contributed by atoms with Crippen LogP contribution in [-0.2, 0) is 12.3 Å². The maximum absolute atomic E-state index is 2.38. The molecular formula is C19H26P2. The maximum Gasteiger partial charge on any atom is -0.00700 e. The van der Waals surface area contributed by atoms with Crippen LogP contribution in [0.4, 0.5) is 0 Å². The average molecular weight is 316 g/mol. The predicted octanol–water partition coefficient (Wildman–Crippen LogP) is 6.35. The van der Waals surface area contributed by atoms with Crippen molar-refractivity contribution in [2.24, 2.45) is 0 Å². The van der Waals surface area contributed by atoms with Crippen molar-refractivity contribution in [1.29, 1.82) is 0 Å². The first-order valence-corrected chi connectivity index (χ1v) is 11.6. The van der Waals surface area contributed by atoms with Gasteiger partial charge in [-0.3, -0.25) is 0 Å². The number of rotatable bonds is 8. The van der Waals surface area contributed by atoms with Gasteiger partial charge in [0.2, 0.25) is 0 Å². The van der Waals surface area contributed by atoms with Crippen LogP contribution in [-0.4, -0.2) is 18.2 Å². The summed E-state index contributed by atoms with van der Waals surface area (Å²) in [5, 5.41) is 0. The van der Waals surface area contributed by atoms with Gasteiger partial charge in [0.05, 0.1) is 0 Å². The summed E-state index contributed by atoms with van der Waals surface area (Å²) in [6.07, 6.45) is 5.33. The molecule has 0 fully saturated rings. The standard InChI is InChI=1S/C19H26P2/c1-3-20(15-18-11-7-5-8-12-18)17-21(4-2)16-19-13-9-6-10-14-19/h5-14H,3-4,15-17H2,1-2H3. The molecule has 0 aliphatic heterocycles. The largest absolute Gasteiger partial charge is 0.0981 e. The molecule has 2 heteroatoms. The molecule has 0 bridgehead atoms. The van der Waals surface area contributed by atoms with Gasteiger partial charge in [-0.15, -0.1) is 0 Å². The molecule has 0 spiro atoms. The molecule has 2 atom stereocenters. The molecule has 0 heterocycles. The van der Waals surface area contributed by atoms with Crippen molar-refractivity contribution in [3.63, 3.8) is 0 Å². The van der Waals surface area contributed by atoms with E-state index in [9.17, 15) is 0 Å². The summed E-state index contributed by atoms with van der Waals surface area (Å²) in [4.78, 5) is 0. The van der Waals surface area contributed by atoms with Crippen molar-refractivity contribution in [2.75, 3.05) is 18.2 Å². The molecule has 112 valence electrons. The summed E-state index contributed by atoms with van der Waals surface area (Å²) < 4.78 is 0. The van der Waals surface area contributed by atoms with Gasteiger partial charge in [0, 0.05) is 0 Å². The zero-order valence-corrected chi connectivity index (χ0v) is 15.0. The molecule has 0 saturated carbocycles. The molecule has 0 aliphatic carbocycles. The van der Waals surface area contributed by atoms with Crippen LogP contribution >= 0.6 is 15.8 Å². The van der Waals surface area contributed by atoms with Crippen molar-refractivity contribution in [3.8, 4) is 0 Å². The summed E-state index contributed by atoms with van der Waals surface area (Å²) in [6, 6.07) is 22.1. The molecule has 0 N–H and O–H groups in total. The number of hydrogen-bond acceptors (Lipinski definition) is 0. The third-order valence-electron chi connectivity index (χ3n) is 3.79. The minimum atomic E-state index is 0.153. The first-order chi connectivity index (χ1) is 10.3. The summed E-state index contributed by atoms with van der Waals surface area (Å²) >= 11 is 0. The van der Waals surface area contributed by atoms with Crippen molar-refractivity contribution >= 4 is 15.8 Å². The van der Waals surface area contributed by atoms with Crippen LogP contribution in [0.1, 0.15) is 25.0 Å². The minimum absolute atomic E-state index is 0.153. The van der Waals surface area contributed by atoms with Crippen LogP contribution in [0, 0.1) is 0 Å². The zero-order valence-electron chi connectivity index (χ0n) is 13.2. The van der Waals surface area contributed by atoms with E-state index < -0.39 is 0 Å². The highest BCUT2D eigenvalue weighted by molar-refractivity contribution is 7.73. The third-order valence-corrected chi connectivity index (χ3v) is 10.4. The minimum Gasteiger partial charge on any atom is -0.0981 e. The Morgan fingerprint density at radius 1 is 0.619 bits per heavy atom. The van der Waals surface area contributed by atoms with Crippen LogP contribution in [0.15, 0.2) is 60.7 Å². The number of hydrogen-bond donors (Lipinski definition) is 0. The SMILES string of the molecule is CCP(Cc1ccccc1)CP(CC)Cc1ccccc1. The van der Waals surface area contributed by atoms with Gasteiger partial charge in [0.25, 0.3) is 0 Å². The first-order valence-electron chi connectivity index (χ1n) is 7.84. The lowest BCUT2D eigenvalue weighted by molar-refractivity contribution is 1.33. The second kappa shape index (κ2) is 9.34. The van der Waals surface area contributed by atoms with Crippen molar-refractivity contribution in [3.05, 3.63) is 71.8 Å². The van der Waals surface area contributed by atoms with E-state index in [1.807, 2.05) is 0 Å². The quantitative estimate of drug-likeness (QED) is 0.498. The summed E-state index contributed by atoms with van der Waals surface area (Å²) in [7, 11) is 0.305. The Morgan fingerprint density at radius 3 is 1.33 bits per heavy atom. The summed E-state index contributed by atoms with van der Waals surface area (Å²) in [5.74, 6) is 1.47. The molecule has 0 nitrogen and oxygen atoms in total. The summed E-state index contributed by atoms with van der Waals surface area (Å²) in [5.41, 5.74) is 3.05. The van der Waals surface area contributed by atoms with E-state index in [-0.39, 0.29) is 15.8 Å². The lowest BCUT2D eigenvalue weighted by Crippen LogP contribution is -1.95. The van der Waals surface area contributed by atoms with Crippen molar-refractivity contribution in [2.45, 2.75) is 26.2 Å². The number of benzene rings is 2. The fourth-order valence-electron chi connectivity index (χ4n) is 2.49. The smallest absolute Gasteiger partial charge is 0.00700 e. The molecule has 0 amide bonds. The highest BCUT2D eigenvalue weighted by Gasteiger charge is 2.14. The molecule has 2 rings (SSSR count). The Bertz CT molecular complexity index is 448. The molecule has 0 aromatic heterocycles. The van der Waals surface area contributed by atoms with E-state index >= 15 is 0 Å². The van der Waals surface area contributed by atoms with Gasteiger partial charge >= 0.3 is 0 Å². The third kappa shape index (κ3) is 5.90. The van der Waals surface area contributed by atoms with E-state index in [4.69, 9.17) is 0 Å². The average Bonchev–Trinajstić information content (AvgIpc) is 2.55. The Morgan fingerprint density at radius 2 is 1.00 bits per heavy atom. The Labute approximate surface area is 132 Å². The van der Waals surface area contributed by atoms with E-state index in [0.29, 0.717) is 0 Å². The lowest BCUT2D eigenvalue weighted by atomic mass is 10.2. The van der Waals surface area contributed by atoms with E-state index in [2.05, 4.69) is 74.5 Å². The first kappa shape index (κ1) is 16.7. The zero-order chi connectivity index (χ0) is 14.9. The molecule has 0 radical (unpaired) electrons. The van der Waals surface area contributed by atoms with Gasteiger partial charge in [0.15, 0.2) is 0 Å². The van der Waals surface area contributed by atoms with Gasteiger partial charge in [-0.05, 0) is 41.7 Å². The second-order valence-corrected chi connectivity index (χ2v) is 11.1. The van der Waals surface area contributed by atoms with Crippen LogP contribution < -0.4 is 0 Å². The van der Waals surface area contributed by atoms with Gasteiger partial charge in [-0.25, -0.2) is 0 Å². The Hall–Kier alpha value is -0.700. The van der Waals surface area contributed by atoms with Gasteiger partial charge in [0.1, 0.15) is 0 Å². The Kier molecular flexibility index (Phi) is 7.42. The highest BCUT2D eigenvalue weighted by Crippen LogP contribution is 2.53. The van der Waals surface area contributed by atoms with E-state index in [0.717, 1.165) is 0 Å². The highest BCUT2D eigenvalue weighted by atomic mass is 31.2. The summed E-state index contributed by atoms with van der Waals surface area (Å²) in [6.45, 7) is 4.75. The molecule has 2 aromatic carbocycles. The second-order valence-electron chi connectivity index (χ2n) is 5.40. The fraction of sp³-hybridized carbons (Fsp3) is 0.368. The molecule has 2 aromatic rings. The van der Waals surface area contributed by atoms with E-state index in [1.165, 1.54) is 41.7 Å². The van der Waals surface area contributed by atoms with Crippen molar-refractivity contribution in [1.82, 2.24) is 0 Å². The molecule has 2 unspecified atom stereocenters. The van der Waals surface area contributed by atoms with Crippen LogP contribution in [0.3, 0.4) is 0 Å². The lowest BCUT2D eigenvalue weighted by Gasteiger charge is -2.23. The van der Waals surface area contributed by atoms with Crippen LogP contribution in [0.2, 0.25) is 0 Å². The van der Waals surface area contributed by atoms with E-state index in [1.54, 1.807) is 0 Å². The fourth-order valence-corrected chi connectivity index (χ4v) is 9.05. The van der Waals surface area contributed by atoms with Crippen LogP contribution in [0.5, 0.6) is 0 Å².